The number of rotatable bonds is 9. The highest BCUT2D eigenvalue weighted by Crippen LogP contribution is 2.24. The molecule has 0 amide bonds. The number of hydrogen-bond donors (Lipinski definition) is 0. The molecule has 1 aliphatic rings. The second-order valence-electron chi connectivity index (χ2n) is 9.43. The largest absolute Gasteiger partial charge is 0.353 e. The smallest absolute Gasteiger partial charge is 0.158 e. The summed E-state index contributed by atoms with van der Waals surface area (Å²) in [4.78, 5) is 0. The third-order valence-corrected chi connectivity index (χ3v) is 6.92. The van der Waals surface area contributed by atoms with Crippen LogP contribution in [0.4, 0.5) is 0 Å². The lowest BCUT2D eigenvalue weighted by Gasteiger charge is -2.23. The van der Waals surface area contributed by atoms with E-state index in [1.807, 2.05) is 0 Å². The van der Waals surface area contributed by atoms with Crippen LogP contribution in [-0.2, 0) is 35.3 Å². The van der Waals surface area contributed by atoms with Crippen molar-refractivity contribution >= 4 is 0 Å². The third-order valence-electron chi connectivity index (χ3n) is 6.92. The van der Waals surface area contributed by atoms with Gasteiger partial charge >= 0.3 is 0 Å². The Balaban J connectivity index is 1.33. The van der Waals surface area contributed by atoms with Gasteiger partial charge in [0.25, 0.3) is 0 Å². The van der Waals surface area contributed by atoms with Gasteiger partial charge in [-0.1, -0.05) is 103 Å². The maximum atomic E-state index is 6.12. The van der Waals surface area contributed by atoms with Crippen molar-refractivity contribution in [2.45, 2.75) is 51.4 Å². The molecule has 0 bridgehead atoms. The Morgan fingerprint density at radius 2 is 1.03 bits per heavy atom. The fraction of sp³-hybridized carbons (Fsp3) is 0.273. The number of hydrogen-bond acceptors (Lipinski definition) is 2. The molecule has 1 fully saturated rings. The van der Waals surface area contributed by atoms with Crippen LogP contribution in [0.5, 0.6) is 0 Å². The van der Waals surface area contributed by atoms with Gasteiger partial charge in [0.15, 0.2) is 6.29 Å². The molecule has 35 heavy (non-hydrogen) atoms. The maximum absolute atomic E-state index is 6.12. The molecule has 0 aliphatic carbocycles. The predicted molar refractivity (Wildman–Crippen MR) is 143 cm³/mol. The van der Waals surface area contributed by atoms with E-state index in [2.05, 4.69) is 103 Å². The molecule has 1 aliphatic heterocycles. The molecule has 178 valence electrons. The van der Waals surface area contributed by atoms with Gasteiger partial charge in [-0.05, 0) is 77.5 Å². The SMILES string of the molecule is c1ccc(Cc2ccccc2Cc2ccccc2Cc2ccccc2COC2CCCCO2)cc1. The molecular weight excluding hydrogens is 428 g/mol. The van der Waals surface area contributed by atoms with Crippen LogP contribution in [0, 0.1) is 0 Å². The van der Waals surface area contributed by atoms with Crippen molar-refractivity contribution in [1.82, 2.24) is 0 Å². The van der Waals surface area contributed by atoms with Gasteiger partial charge in [-0.15, -0.1) is 0 Å². The second kappa shape index (κ2) is 12.0. The monoisotopic (exact) mass is 462 g/mol. The van der Waals surface area contributed by atoms with E-state index >= 15 is 0 Å². The zero-order chi connectivity index (χ0) is 23.7. The van der Waals surface area contributed by atoms with Crippen LogP contribution in [0.25, 0.3) is 0 Å². The molecule has 0 radical (unpaired) electrons. The zero-order valence-electron chi connectivity index (χ0n) is 20.4. The lowest BCUT2D eigenvalue weighted by atomic mass is 9.90. The summed E-state index contributed by atoms with van der Waals surface area (Å²) in [7, 11) is 0. The molecule has 5 rings (SSSR count). The molecule has 4 aromatic carbocycles. The summed E-state index contributed by atoms with van der Waals surface area (Å²) in [5, 5.41) is 0. The Morgan fingerprint density at radius 1 is 0.543 bits per heavy atom. The standard InChI is InChI=1S/C33H34O2/c1-2-12-26(13-3-1)22-27-14-4-5-15-28(27)23-29-16-6-7-17-30(29)24-31-18-8-9-19-32(31)25-35-33-20-10-11-21-34-33/h1-9,12-19,33H,10-11,20-25H2. The van der Waals surface area contributed by atoms with Crippen molar-refractivity contribution in [1.29, 1.82) is 0 Å². The molecule has 0 N–H and O–H groups in total. The van der Waals surface area contributed by atoms with Gasteiger partial charge in [-0.3, -0.25) is 0 Å². The number of ether oxygens (including phenoxy) is 2. The summed E-state index contributed by atoms with van der Waals surface area (Å²) < 4.78 is 11.9. The fourth-order valence-electron chi connectivity index (χ4n) is 4.93. The topological polar surface area (TPSA) is 18.5 Å². The molecule has 0 spiro atoms. The van der Waals surface area contributed by atoms with E-state index in [1.165, 1.54) is 45.4 Å². The van der Waals surface area contributed by atoms with E-state index in [0.717, 1.165) is 38.7 Å². The van der Waals surface area contributed by atoms with E-state index in [0.29, 0.717) is 6.61 Å². The minimum atomic E-state index is -0.0646. The van der Waals surface area contributed by atoms with Crippen LogP contribution in [0.3, 0.4) is 0 Å². The first-order chi connectivity index (χ1) is 17.3. The molecule has 4 aromatic rings. The highest BCUT2D eigenvalue weighted by molar-refractivity contribution is 5.41. The predicted octanol–water partition coefficient (Wildman–Crippen LogP) is 7.50. The Bertz CT molecular complexity index is 1210. The maximum Gasteiger partial charge on any atom is 0.158 e. The molecule has 0 aromatic heterocycles. The normalized spacial score (nSPS) is 15.7. The van der Waals surface area contributed by atoms with E-state index in [-0.39, 0.29) is 6.29 Å². The quantitative estimate of drug-likeness (QED) is 0.256. The second-order valence-corrected chi connectivity index (χ2v) is 9.43. The highest BCUT2D eigenvalue weighted by atomic mass is 16.7. The minimum absolute atomic E-state index is 0.0646. The van der Waals surface area contributed by atoms with E-state index in [4.69, 9.17) is 9.47 Å². The fourth-order valence-corrected chi connectivity index (χ4v) is 4.93. The Morgan fingerprint density at radius 3 is 1.57 bits per heavy atom. The van der Waals surface area contributed by atoms with Crippen molar-refractivity contribution < 1.29 is 9.47 Å². The Kier molecular flexibility index (Phi) is 8.05. The molecule has 1 atom stereocenters. The van der Waals surface area contributed by atoms with Crippen LogP contribution in [0.2, 0.25) is 0 Å². The minimum Gasteiger partial charge on any atom is -0.353 e. The summed E-state index contributed by atoms with van der Waals surface area (Å²) in [5.74, 6) is 0. The van der Waals surface area contributed by atoms with Crippen LogP contribution in [-0.4, -0.2) is 12.9 Å². The molecule has 2 heteroatoms. The van der Waals surface area contributed by atoms with Gasteiger partial charge in [0.2, 0.25) is 0 Å². The first-order valence-corrected chi connectivity index (χ1v) is 12.8. The van der Waals surface area contributed by atoms with Gasteiger partial charge in [0, 0.05) is 6.61 Å². The molecule has 1 saturated heterocycles. The zero-order valence-corrected chi connectivity index (χ0v) is 20.4. The van der Waals surface area contributed by atoms with Crippen LogP contribution >= 0.6 is 0 Å². The van der Waals surface area contributed by atoms with Crippen molar-refractivity contribution in [2.24, 2.45) is 0 Å². The molecule has 2 nitrogen and oxygen atoms in total. The highest BCUT2D eigenvalue weighted by Gasteiger charge is 2.15. The molecule has 1 unspecified atom stereocenters. The van der Waals surface area contributed by atoms with Crippen molar-refractivity contribution in [2.75, 3.05) is 6.61 Å². The van der Waals surface area contributed by atoms with Crippen LogP contribution in [0.1, 0.15) is 58.2 Å². The third kappa shape index (κ3) is 6.48. The van der Waals surface area contributed by atoms with Crippen molar-refractivity contribution in [3.05, 3.63) is 142 Å². The van der Waals surface area contributed by atoms with Gasteiger partial charge in [-0.25, -0.2) is 0 Å². The summed E-state index contributed by atoms with van der Waals surface area (Å²) >= 11 is 0. The van der Waals surface area contributed by atoms with Gasteiger partial charge in [-0.2, -0.15) is 0 Å². The molecular formula is C33H34O2. The van der Waals surface area contributed by atoms with E-state index in [9.17, 15) is 0 Å². The molecule has 0 saturated carbocycles. The van der Waals surface area contributed by atoms with E-state index < -0.39 is 0 Å². The average Bonchev–Trinajstić information content (AvgIpc) is 2.91. The average molecular weight is 463 g/mol. The Labute approximate surface area is 209 Å². The van der Waals surface area contributed by atoms with E-state index in [1.54, 1.807) is 0 Å². The first-order valence-electron chi connectivity index (χ1n) is 12.8. The summed E-state index contributed by atoms with van der Waals surface area (Å²) in [6.07, 6.45) is 6.06. The van der Waals surface area contributed by atoms with Crippen molar-refractivity contribution in [3.8, 4) is 0 Å². The lowest BCUT2D eigenvalue weighted by Crippen LogP contribution is -2.22. The first kappa shape index (κ1) is 23.5. The van der Waals surface area contributed by atoms with Gasteiger partial charge < -0.3 is 9.47 Å². The van der Waals surface area contributed by atoms with Crippen LogP contribution in [0.15, 0.2) is 103 Å². The van der Waals surface area contributed by atoms with Crippen LogP contribution < -0.4 is 0 Å². The van der Waals surface area contributed by atoms with Gasteiger partial charge in [0.1, 0.15) is 0 Å². The van der Waals surface area contributed by atoms with Gasteiger partial charge in [0.05, 0.1) is 6.61 Å². The summed E-state index contributed by atoms with van der Waals surface area (Å²) in [5.41, 5.74) is 9.49. The summed E-state index contributed by atoms with van der Waals surface area (Å²) in [6, 6.07) is 37.1. The molecule has 1 heterocycles. The summed E-state index contributed by atoms with van der Waals surface area (Å²) in [6.45, 7) is 1.41. The van der Waals surface area contributed by atoms with Crippen molar-refractivity contribution in [3.63, 3.8) is 0 Å². The number of benzene rings is 4. The lowest BCUT2D eigenvalue weighted by molar-refractivity contribution is -0.169. The Hall–Kier alpha value is -3.20.